The second kappa shape index (κ2) is 15.6. The number of aromatic nitrogens is 2. The minimum absolute atomic E-state index is 0.0371. The van der Waals surface area contributed by atoms with E-state index in [1.54, 1.807) is 48.3 Å². The molecule has 1 heterocycles. The van der Waals surface area contributed by atoms with Gasteiger partial charge >= 0.3 is 5.97 Å². The molecule has 0 saturated heterocycles. The van der Waals surface area contributed by atoms with E-state index in [1.165, 1.54) is 25.2 Å². The van der Waals surface area contributed by atoms with Gasteiger partial charge in [-0.05, 0) is 56.4 Å². The lowest BCUT2D eigenvalue weighted by Crippen LogP contribution is -2.43. The van der Waals surface area contributed by atoms with Crippen LogP contribution in [0.5, 0.6) is 0 Å². The Kier molecular flexibility index (Phi) is 11.6. The highest BCUT2D eigenvalue weighted by molar-refractivity contribution is 7.85. The Morgan fingerprint density at radius 2 is 1.60 bits per heavy atom. The van der Waals surface area contributed by atoms with Crippen LogP contribution >= 0.6 is 0 Å². The van der Waals surface area contributed by atoms with E-state index in [0.29, 0.717) is 42.5 Å². The van der Waals surface area contributed by atoms with Crippen molar-refractivity contribution in [3.8, 4) is 11.3 Å². The molecule has 0 spiro atoms. The van der Waals surface area contributed by atoms with E-state index in [4.69, 9.17) is 20.4 Å². The lowest BCUT2D eigenvalue weighted by molar-refractivity contribution is -0.151. The number of ether oxygens (including phenoxy) is 1. The number of hydrogen-bond donors (Lipinski definition) is 3. The monoisotopic (exact) mass is 673 g/mol. The maximum absolute atomic E-state index is 13.4. The van der Waals surface area contributed by atoms with Gasteiger partial charge in [-0.3, -0.25) is 24.3 Å². The number of aryl methyl sites for hydroxylation is 2. The van der Waals surface area contributed by atoms with Crippen LogP contribution in [0.3, 0.4) is 0 Å². The van der Waals surface area contributed by atoms with Gasteiger partial charge in [0.1, 0.15) is 18.0 Å². The highest BCUT2D eigenvalue weighted by Gasteiger charge is 2.32. The van der Waals surface area contributed by atoms with Crippen molar-refractivity contribution in [3.05, 3.63) is 118 Å². The molecule has 1 aliphatic rings. The lowest BCUT2D eigenvalue weighted by Gasteiger charge is -2.34. The first-order chi connectivity index (χ1) is 22.7. The number of amidine groups is 1. The molecule has 48 heavy (non-hydrogen) atoms. The van der Waals surface area contributed by atoms with Crippen LogP contribution in [0.1, 0.15) is 52.7 Å². The number of amides is 1. The molecule has 0 aliphatic heterocycles. The smallest absolute Gasteiger partial charge is 0.309 e. The van der Waals surface area contributed by atoms with Crippen LogP contribution in [0, 0.1) is 18.3 Å². The molecular formula is C35H39N5O7S. The first-order valence-corrected chi connectivity index (χ1v) is 16.7. The van der Waals surface area contributed by atoms with Crippen LogP contribution < -0.4 is 11.3 Å². The van der Waals surface area contributed by atoms with Crippen LogP contribution in [-0.2, 0) is 33.3 Å². The first kappa shape index (κ1) is 35.7. The Hall–Kier alpha value is -5.14. The Bertz CT molecular complexity index is 1920. The summed E-state index contributed by atoms with van der Waals surface area (Å²) in [4.78, 5) is 40.2. The van der Waals surface area contributed by atoms with E-state index in [1.807, 2.05) is 37.3 Å². The van der Waals surface area contributed by atoms with Crippen LogP contribution in [-0.4, -0.2) is 58.5 Å². The third-order valence-electron chi connectivity index (χ3n) is 8.23. The van der Waals surface area contributed by atoms with Gasteiger partial charge in [-0.25, -0.2) is 4.68 Å². The quantitative estimate of drug-likeness (QED) is 0.106. The molecule has 0 bridgehead atoms. The zero-order valence-electron chi connectivity index (χ0n) is 27.0. The van der Waals surface area contributed by atoms with Crippen molar-refractivity contribution in [1.29, 1.82) is 5.41 Å². The largest absolute Gasteiger partial charge is 0.461 e. The van der Waals surface area contributed by atoms with Crippen LogP contribution in [0.15, 0.2) is 94.6 Å². The summed E-state index contributed by atoms with van der Waals surface area (Å²) in [5.74, 6) is -0.821. The molecule has 4 N–H and O–H groups in total. The number of nitrogen functional groups attached to an aromatic ring is 1. The second-order valence-corrected chi connectivity index (χ2v) is 13.1. The molecule has 4 aromatic rings. The number of benzene rings is 3. The summed E-state index contributed by atoms with van der Waals surface area (Å²) in [6.45, 7) is 2.09. The van der Waals surface area contributed by atoms with Gasteiger partial charge in [0.15, 0.2) is 0 Å². The topological polar surface area (TPSA) is 186 Å². The number of rotatable bonds is 8. The molecule has 1 fully saturated rings. The maximum atomic E-state index is 13.4. The Morgan fingerprint density at radius 1 is 1.00 bits per heavy atom. The Labute approximate surface area is 279 Å². The maximum Gasteiger partial charge on any atom is 0.309 e. The van der Waals surface area contributed by atoms with Gasteiger partial charge in [0.05, 0.1) is 16.5 Å². The van der Waals surface area contributed by atoms with E-state index < -0.39 is 15.7 Å². The minimum atomic E-state index is -4.02. The zero-order chi connectivity index (χ0) is 35.0. The minimum Gasteiger partial charge on any atom is -0.461 e. The van der Waals surface area contributed by atoms with Gasteiger partial charge in [-0.2, -0.15) is 13.5 Å². The fourth-order valence-electron chi connectivity index (χ4n) is 5.33. The standard InChI is InChI=1S/C28H31N5O4.C7H8O3S/c1-32(22-14-12-21(13-15-22)28(36)37-17-18-6-4-3-5-7-18)26(34)23-16-24(31-33(2)27(23)35)19-8-10-20(11-9-19)25(29)30;1-6-2-4-7(5-3-6)11(8,9)10/h3-11,16,21-22H,12-15,17H2,1-2H3,(H3,29,30);2-5H,1H3,(H,8,9,10)/t21-,22-;. The number of nitrogens with one attached hydrogen (secondary N) is 1. The van der Waals surface area contributed by atoms with Crippen molar-refractivity contribution < 1.29 is 27.3 Å². The number of hydrogen-bond acceptors (Lipinski definition) is 8. The van der Waals surface area contributed by atoms with Gasteiger partial charge in [0.25, 0.3) is 21.6 Å². The zero-order valence-corrected chi connectivity index (χ0v) is 27.8. The fourth-order valence-corrected chi connectivity index (χ4v) is 5.81. The van der Waals surface area contributed by atoms with Gasteiger partial charge in [-0.1, -0.05) is 72.3 Å². The third-order valence-corrected chi connectivity index (χ3v) is 9.09. The molecular weight excluding hydrogens is 634 g/mol. The van der Waals surface area contributed by atoms with Gasteiger partial charge in [0.2, 0.25) is 0 Å². The van der Waals surface area contributed by atoms with Gasteiger partial charge in [-0.15, -0.1) is 0 Å². The number of nitrogens with two attached hydrogens (primary N) is 1. The van der Waals surface area contributed by atoms with E-state index in [2.05, 4.69) is 5.10 Å². The molecule has 1 aliphatic carbocycles. The van der Waals surface area contributed by atoms with Crippen molar-refractivity contribution in [1.82, 2.24) is 14.7 Å². The summed E-state index contributed by atoms with van der Waals surface area (Å²) in [5.41, 5.74) is 8.74. The molecule has 5 rings (SSSR count). The van der Waals surface area contributed by atoms with E-state index in [0.717, 1.165) is 15.8 Å². The third kappa shape index (κ3) is 9.23. The fraction of sp³-hybridized carbons (Fsp3) is 0.286. The van der Waals surface area contributed by atoms with E-state index in [9.17, 15) is 22.8 Å². The van der Waals surface area contributed by atoms with Crippen molar-refractivity contribution in [2.75, 3.05) is 7.05 Å². The molecule has 3 aromatic carbocycles. The van der Waals surface area contributed by atoms with Crippen molar-refractivity contribution in [3.63, 3.8) is 0 Å². The van der Waals surface area contributed by atoms with Crippen LogP contribution in [0.2, 0.25) is 0 Å². The molecule has 12 nitrogen and oxygen atoms in total. The summed E-state index contributed by atoms with van der Waals surface area (Å²) in [6, 6.07) is 23.9. The van der Waals surface area contributed by atoms with Crippen molar-refractivity contribution in [2.45, 2.75) is 50.2 Å². The molecule has 0 atom stereocenters. The normalized spacial score (nSPS) is 15.8. The average molecular weight is 674 g/mol. The molecule has 1 aromatic heterocycles. The summed E-state index contributed by atoms with van der Waals surface area (Å²) >= 11 is 0. The van der Waals surface area contributed by atoms with E-state index in [-0.39, 0.29) is 46.7 Å². The average Bonchev–Trinajstić information content (AvgIpc) is 3.08. The molecule has 0 radical (unpaired) electrons. The summed E-state index contributed by atoms with van der Waals surface area (Å²) in [6.07, 6.45) is 2.55. The molecule has 13 heteroatoms. The molecule has 1 saturated carbocycles. The number of carbonyl (C=O) groups excluding carboxylic acids is 2. The molecule has 1 amide bonds. The highest BCUT2D eigenvalue weighted by atomic mass is 32.2. The molecule has 252 valence electrons. The predicted molar refractivity (Wildman–Crippen MR) is 181 cm³/mol. The number of esters is 1. The van der Waals surface area contributed by atoms with Gasteiger partial charge < -0.3 is 15.4 Å². The second-order valence-electron chi connectivity index (χ2n) is 11.7. The lowest BCUT2D eigenvalue weighted by atomic mass is 9.85. The van der Waals surface area contributed by atoms with E-state index >= 15 is 0 Å². The SMILES string of the molecule is Cc1ccc(S(=O)(=O)O)cc1.Cn1nc(-c2ccc(C(=N)N)cc2)cc(C(=O)N(C)[C@H]2CC[C@H](C(=O)OCc3ccccc3)CC2)c1=O. The Balaban J connectivity index is 0.000000401. The Morgan fingerprint density at radius 3 is 2.17 bits per heavy atom. The van der Waals surface area contributed by atoms with Crippen LogP contribution in [0.4, 0.5) is 0 Å². The first-order valence-electron chi connectivity index (χ1n) is 15.3. The number of nitrogens with zero attached hydrogens (tertiary/aromatic N) is 3. The molecule has 0 unspecified atom stereocenters. The summed E-state index contributed by atoms with van der Waals surface area (Å²) in [5, 5.41) is 11.8. The van der Waals surface area contributed by atoms with Crippen LogP contribution in [0.25, 0.3) is 11.3 Å². The predicted octanol–water partition coefficient (Wildman–Crippen LogP) is 4.35. The van der Waals surface area contributed by atoms with Crippen molar-refractivity contribution >= 4 is 27.8 Å². The van der Waals surface area contributed by atoms with Gasteiger partial charge in [0, 0.05) is 31.3 Å². The van der Waals surface area contributed by atoms with Crippen molar-refractivity contribution in [2.24, 2.45) is 18.7 Å². The summed E-state index contributed by atoms with van der Waals surface area (Å²) in [7, 11) is -0.810. The highest BCUT2D eigenvalue weighted by Crippen LogP contribution is 2.29. The number of carbonyl (C=O) groups is 2. The summed E-state index contributed by atoms with van der Waals surface area (Å²) < 4.78 is 36.2.